The number of fused-ring (bicyclic) bond motifs is 1. The van der Waals surface area contributed by atoms with Gasteiger partial charge in [0.2, 0.25) is 5.91 Å². The third kappa shape index (κ3) is 4.45. The van der Waals surface area contributed by atoms with Gasteiger partial charge in [0.15, 0.2) is 0 Å². The number of benzene rings is 2. The van der Waals surface area contributed by atoms with E-state index in [0.29, 0.717) is 0 Å². The molecule has 4 rings (SSSR count). The number of carbonyl (C=O) groups excluding carboxylic acids is 1. The van der Waals surface area contributed by atoms with Crippen molar-refractivity contribution in [1.29, 1.82) is 0 Å². The van der Waals surface area contributed by atoms with Crippen molar-refractivity contribution in [3.8, 4) is 0 Å². The molecule has 4 heteroatoms. The van der Waals surface area contributed by atoms with Gasteiger partial charge in [0, 0.05) is 32.7 Å². The Balaban J connectivity index is 1.29. The van der Waals surface area contributed by atoms with Gasteiger partial charge in [-0.1, -0.05) is 54.6 Å². The maximum absolute atomic E-state index is 12.9. The van der Waals surface area contributed by atoms with Crippen LogP contribution in [-0.4, -0.2) is 47.9 Å². The van der Waals surface area contributed by atoms with E-state index in [9.17, 15) is 4.79 Å². The summed E-state index contributed by atoms with van der Waals surface area (Å²) in [7, 11) is 0. The van der Waals surface area contributed by atoms with E-state index < -0.39 is 0 Å². The van der Waals surface area contributed by atoms with E-state index in [4.69, 9.17) is 0 Å². The molecule has 1 amide bonds. The van der Waals surface area contributed by atoms with E-state index in [1.165, 1.54) is 16.7 Å². The molecule has 1 fully saturated rings. The molecule has 2 aromatic rings. The molecule has 0 aromatic heterocycles. The van der Waals surface area contributed by atoms with Crippen LogP contribution in [0.25, 0.3) is 0 Å². The maximum Gasteiger partial charge on any atom is 0.237 e. The van der Waals surface area contributed by atoms with Crippen LogP contribution in [0.1, 0.15) is 42.5 Å². The van der Waals surface area contributed by atoms with Crippen LogP contribution in [0.5, 0.6) is 0 Å². The summed E-state index contributed by atoms with van der Waals surface area (Å²) in [5, 5.41) is 3.33. The summed E-state index contributed by atoms with van der Waals surface area (Å²) in [4.78, 5) is 17.7. The van der Waals surface area contributed by atoms with E-state index in [2.05, 4.69) is 76.6 Å². The number of amides is 1. The predicted molar refractivity (Wildman–Crippen MR) is 113 cm³/mol. The van der Waals surface area contributed by atoms with Crippen molar-refractivity contribution in [3.05, 3.63) is 71.3 Å². The SMILES string of the molecule is C[C@H](C(=O)N[C@@H]1CCCc2ccccc21)N1CCN(Cc2ccccc2)CC1. The number of hydrogen-bond donors (Lipinski definition) is 1. The first-order valence-electron chi connectivity index (χ1n) is 10.6. The number of nitrogens with zero attached hydrogens (tertiary/aromatic N) is 2. The molecular formula is C24H31N3O. The molecule has 0 saturated carbocycles. The fourth-order valence-corrected chi connectivity index (χ4v) is 4.51. The van der Waals surface area contributed by atoms with Gasteiger partial charge in [-0.2, -0.15) is 0 Å². The Morgan fingerprint density at radius 1 is 1.04 bits per heavy atom. The molecule has 0 spiro atoms. The van der Waals surface area contributed by atoms with Crippen LogP contribution in [0.3, 0.4) is 0 Å². The summed E-state index contributed by atoms with van der Waals surface area (Å²) in [5.74, 6) is 0.165. The molecule has 0 unspecified atom stereocenters. The normalized spacial score (nSPS) is 21.7. The Morgan fingerprint density at radius 2 is 1.75 bits per heavy atom. The monoisotopic (exact) mass is 377 g/mol. The van der Waals surface area contributed by atoms with Gasteiger partial charge in [-0.3, -0.25) is 14.6 Å². The molecule has 1 saturated heterocycles. The van der Waals surface area contributed by atoms with Gasteiger partial charge in [-0.05, 0) is 42.9 Å². The molecule has 1 heterocycles. The van der Waals surface area contributed by atoms with E-state index >= 15 is 0 Å². The van der Waals surface area contributed by atoms with Crippen molar-refractivity contribution < 1.29 is 4.79 Å². The minimum atomic E-state index is -0.0760. The van der Waals surface area contributed by atoms with E-state index in [0.717, 1.165) is 52.0 Å². The second-order valence-corrected chi connectivity index (χ2v) is 8.13. The predicted octanol–water partition coefficient (Wildman–Crippen LogP) is 3.39. The topological polar surface area (TPSA) is 35.6 Å². The number of aryl methyl sites for hydroxylation is 1. The Labute approximate surface area is 168 Å². The number of nitrogens with one attached hydrogen (secondary N) is 1. The first kappa shape index (κ1) is 19.2. The fourth-order valence-electron chi connectivity index (χ4n) is 4.51. The summed E-state index contributed by atoms with van der Waals surface area (Å²) >= 11 is 0. The van der Waals surface area contributed by atoms with Crippen LogP contribution < -0.4 is 5.32 Å². The summed E-state index contributed by atoms with van der Waals surface area (Å²) < 4.78 is 0. The minimum Gasteiger partial charge on any atom is -0.348 e. The molecule has 148 valence electrons. The summed E-state index contributed by atoms with van der Waals surface area (Å²) in [6, 6.07) is 19.3. The molecule has 0 bridgehead atoms. The fraction of sp³-hybridized carbons (Fsp3) is 0.458. The smallest absolute Gasteiger partial charge is 0.237 e. The zero-order valence-electron chi connectivity index (χ0n) is 16.8. The van der Waals surface area contributed by atoms with Crippen molar-refractivity contribution in [1.82, 2.24) is 15.1 Å². The van der Waals surface area contributed by atoms with E-state index in [1.807, 2.05) is 0 Å². The highest BCUT2D eigenvalue weighted by molar-refractivity contribution is 5.81. The minimum absolute atomic E-state index is 0.0760. The molecule has 2 atom stereocenters. The molecule has 1 N–H and O–H groups in total. The lowest BCUT2D eigenvalue weighted by Gasteiger charge is -2.38. The Morgan fingerprint density at radius 3 is 2.54 bits per heavy atom. The zero-order chi connectivity index (χ0) is 19.3. The highest BCUT2D eigenvalue weighted by atomic mass is 16.2. The number of hydrogen-bond acceptors (Lipinski definition) is 3. The van der Waals surface area contributed by atoms with Gasteiger partial charge in [0.05, 0.1) is 12.1 Å². The van der Waals surface area contributed by atoms with Gasteiger partial charge in [-0.25, -0.2) is 0 Å². The van der Waals surface area contributed by atoms with E-state index in [1.54, 1.807) is 0 Å². The maximum atomic E-state index is 12.9. The third-order valence-corrected chi connectivity index (χ3v) is 6.27. The molecule has 1 aliphatic heterocycles. The first-order valence-corrected chi connectivity index (χ1v) is 10.6. The summed E-state index contributed by atoms with van der Waals surface area (Å²) in [6.07, 6.45) is 3.32. The van der Waals surface area contributed by atoms with E-state index in [-0.39, 0.29) is 18.0 Å². The Bertz CT molecular complexity index is 783. The number of carbonyl (C=O) groups is 1. The number of piperazine rings is 1. The first-order chi connectivity index (χ1) is 13.7. The van der Waals surface area contributed by atoms with Crippen LogP contribution in [0, 0.1) is 0 Å². The molecule has 2 aliphatic rings. The molecule has 1 aliphatic carbocycles. The van der Waals surface area contributed by atoms with Crippen molar-refractivity contribution in [2.45, 2.75) is 44.8 Å². The highest BCUT2D eigenvalue weighted by Gasteiger charge is 2.28. The molecule has 28 heavy (non-hydrogen) atoms. The Kier molecular flexibility index (Phi) is 6.08. The lowest BCUT2D eigenvalue weighted by Crippen LogP contribution is -2.54. The average Bonchev–Trinajstić information content (AvgIpc) is 2.75. The van der Waals surface area contributed by atoms with Crippen LogP contribution >= 0.6 is 0 Å². The summed E-state index contributed by atoms with van der Waals surface area (Å²) in [5.41, 5.74) is 4.06. The van der Waals surface area contributed by atoms with Crippen LogP contribution in [0.2, 0.25) is 0 Å². The largest absolute Gasteiger partial charge is 0.348 e. The third-order valence-electron chi connectivity index (χ3n) is 6.27. The number of rotatable bonds is 5. The standard InChI is InChI=1S/C24H31N3O/c1-19(24(28)25-23-13-7-11-21-10-5-6-12-22(21)23)27-16-14-26(15-17-27)18-20-8-3-2-4-9-20/h2-6,8-10,12,19,23H,7,11,13-18H2,1H3,(H,25,28)/t19-,23-/m1/s1. The van der Waals surface area contributed by atoms with Crippen LogP contribution in [0.15, 0.2) is 54.6 Å². The van der Waals surface area contributed by atoms with Crippen LogP contribution in [0.4, 0.5) is 0 Å². The van der Waals surface area contributed by atoms with Gasteiger partial charge in [-0.15, -0.1) is 0 Å². The lowest BCUT2D eigenvalue weighted by molar-refractivity contribution is -0.127. The molecule has 4 nitrogen and oxygen atoms in total. The molecular weight excluding hydrogens is 346 g/mol. The molecule has 2 aromatic carbocycles. The zero-order valence-corrected chi connectivity index (χ0v) is 16.8. The van der Waals surface area contributed by atoms with Crippen molar-refractivity contribution in [2.24, 2.45) is 0 Å². The van der Waals surface area contributed by atoms with Gasteiger partial charge < -0.3 is 5.32 Å². The lowest BCUT2D eigenvalue weighted by atomic mass is 9.87. The van der Waals surface area contributed by atoms with Crippen molar-refractivity contribution >= 4 is 5.91 Å². The summed E-state index contributed by atoms with van der Waals surface area (Å²) in [6.45, 7) is 6.97. The van der Waals surface area contributed by atoms with Crippen molar-refractivity contribution in [3.63, 3.8) is 0 Å². The van der Waals surface area contributed by atoms with Gasteiger partial charge in [0.25, 0.3) is 0 Å². The van der Waals surface area contributed by atoms with Gasteiger partial charge >= 0.3 is 0 Å². The average molecular weight is 378 g/mol. The second-order valence-electron chi connectivity index (χ2n) is 8.13. The molecule has 0 radical (unpaired) electrons. The second kappa shape index (κ2) is 8.89. The van der Waals surface area contributed by atoms with Crippen molar-refractivity contribution in [2.75, 3.05) is 26.2 Å². The quantitative estimate of drug-likeness (QED) is 0.868. The van der Waals surface area contributed by atoms with Gasteiger partial charge in [0.1, 0.15) is 0 Å². The highest BCUT2D eigenvalue weighted by Crippen LogP contribution is 2.29. The Hall–Kier alpha value is -2.17. The van der Waals surface area contributed by atoms with Crippen LogP contribution in [-0.2, 0) is 17.8 Å².